The average Bonchev–Trinajstić information content (AvgIpc) is 3.28. The first-order valence-electron chi connectivity index (χ1n) is 9.17. The highest BCUT2D eigenvalue weighted by molar-refractivity contribution is 7.15. The minimum Gasteiger partial charge on any atom is -0.465 e. The van der Waals surface area contributed by atoms with Crippen LogP contribution in [-0.4, -0.2) is 29.6 Å². The second-order valence-corrected chi connectivity index (χ2v) is 8.09. The van der Waals surface area contributed by atoms with Crippen molar-refractivity contribution in [3.8, 4) is 5.00 Å². The molecule has 0 unspecified atom stereocenters. The second kappa shape index (κ2) is 6.94. The Morgan fingerprint density at radius 3 is 2.64 bits per heavy atom. The van der Waals surface area contributed by atoms with Crippen LogP contribution in [0.4, 0.5) is 4.79 Å². The number of methoxy groups -OCH3 is 1. The number of aryl methyl sites for hydroxylation is 2. The molecular formula is C20H21N3O4S. The van der Waals surface area contributed by atoms with E-state index in [1.54, 1.807) is 17.4 Å². The number of nitrogens with one attached hydrogen (secondary N) is 2. The molecule has 2 aliphatic rings. The number of carbonyl (C=O) groups is 3. The molecule has 3 heterocycles. The van der Waals surface area contributed by atoms with Gasteiger partial charge in [0.2, 0.25) is 0 Å². The van der Waals surface area contributed by atoms with Crippen LogP contribution in [0.25, 0.3) is 11.1 Å². The molecule has 0 radical (unpaired) electrons. The zero-order valence-corrected chi connectivity index (χ0v) is 16.8. The summed E-state index contributed by atoms with van der Waals surface area (Å²) in [5, 5.41) is 5.57. The third-order valence-corrected chi connectivity index (χ3v) is 6.51. The van der Waals surface area contributed by atoms with Gasteiger partial charge in [0, 0.05) is 16.3 Å². The SMILES string of the molecule is COC(=O)c1c(-n2c(C)cc(/C=C3/NC(=O)NC3=O)c2C)sc2c1CCCC2. The fourth-order valence-electron chi connectivity index (χ4n) is 3.91. The van der Waals surface area contributed by atoms with Crippen LogP contribution >= 0.6 is 11.3 Å². The Bertz CT molecular complexity index is 1040. The van der Waals surface area contributed by atoms with Crippen LogP contribution in [0.3, 0.4) is 0 Å². The van der Waals surface area contributed by atoms with Gasteiger partial charge in [-0.3, -0.25) is 10.1 Å². The fourth-order valence-corrected chi connectivity index (χ4v) is 5.39. The molecule has 0 saturated carbocycles. The molecule has 28 heavy (non-hydrogen) atoms. The van der Waals surface area contributed by atoms with E-state index in [1.807, 2.05) is 24.5 Å². The van der Waals surface area contributed by atoms with E-state index in [1.165, 1.54) is 12.0 Å². The maximum absolute atomic E-state index is 12.6. The minimum absolute atomic E-state index is 0.212. The first kappa shape index (κ1) is 18.5. The Labute approximate surface area is 166 Å². The lowest BCUT2D eigenvalue weighted by Crippen LogP contribution is -2.22. The topological polar surface area (TPSA) is 89.4 Å². The third kappa shape index (κ3) is 2.93. The molecule has 2 N–H and O–H groups in total. The normalized spacial score (nSPS) is 17.5. The summed E-state index contributed by atoms with van der Waals surface area (Å²) in [6.07, 6.45) is 5.72. The number of aromatic nitrogens is 1. The van der Waals surface area contributed by atoms with Crippen molar-refractivity contribution in [3.63, 3.8) is 0 Å². The van der Waals surface area contributed by atoms with Crippen LogP contribution in [0.1, 0.15) is 50.6 Å². The number of carbonyl (C=O) groups excluding carboxylic acids is 3. The molecule has 2 aromatic rings. The molecule has 1 aliphatic heterocycles. The minimum atomic E-state index is -0.524. The highest BCUT2D eigenvalue weighted by Gasteiger charge is 2.29. The monoisotopic (exact) mass is 399 g/mol. The molecule has 1 fully saturated rings. The van der Waals surface area contributed by atoms with E-state index in [2.05, 4.69) is 10.6 Å². The van der Waals surface area contributed by atoms with Gasteiger partial charge in [0.1, 0.15) is 10.7 Å². The Hall–Kier alpha value is -2.87. The summed E-state index contributed by atoms with van der Waals surface area (Å²) in [4.78, 5) is 37.0. The van der Waals surface area contributed by atoms with Gasteiger partial charge < -0.3 is 14.6 Å². The average molecular weight is 399 g/mol. The number of urea groups is 1. The number of esters is 1. The van der Waals surface area contributed by atoms with Gasteiger partial charge in [-0.05, 0) is 62.8 Å². The van der Waals surface area contributed by atoms with Crippen molar-refractivity contribution in [1.82, 2.24) is 15.2 Å². The number of nitrogens with zero attached hydrogens (tertiary/aromatic N) is 1. The van der Waals surface area contributed by atoms with Crippen LogP contribution < -0.4 is 10.6 Å². The second-order valence-electron chi connectivity index (χ2n) is 7.01. The number of imide groups is 1. The van der Waals surface area contributed by atoms with E-state index in [0.717, 1.165) is 53.2 Å². The van der Waals surface area contributed by atoms with Gasteiger partial charge in [0.15, 0.2) is 0 Å². The number of fused-ring (bicyclic) bond motifs is 1. The number of hydrogen-bond acceptors (Lipinski definition) is 5. The fraction of sp³-hybridized carbons (Fsp3) is 0.350. The Morgan fingerprint density at radius 1 is 1.21 bits per heavy atom. The number of hydrogen-bond donors (Lipinski definition) is 2. The van der Waals surface area contributed by atoms with Crippen LogP contribution in [0.15, 0.2) is 11.8 Å². The predicted octanol–water partition coefficient (Wildman–Crippen LogP) is 3.00. The van der Waals surface area contributed by atoms with Gasteiger partial charge in [-0.2, -0.15) is 0 Å². The molecule has 8 heteroatoms. The lowest BCUT2D eigenvalue weighted by atomic mass is 9.95. The maximum atomic E-state index is 12.6. The molecule has 0 aromatic carbocycles. The van der Waals surface area contributed by atoms with Gasteiger partial charge in [-0.15, -0.1) is 11.3 Å². The van der Waals surface area contributed by atoms with E-state index in [0.29, 0.717) is 5.56 Å². The third-order valence-electron chi connectivity index (χ3n) is 5.24. The van der Waals surface area contributed by atoms with Crippen LogP contribution in [0.2, 0.25) is 0 Å². The molecule has 2 aromatic heterocycles. The standard InChI is InChI=1S/C20H21N3O4S/c1-10-8-12(9-14-17(24)22-20(26)21-14)11(2)23(10)18-16(19(25)27-3)13-6-4-5-7-15(13)28-18/h8-9H,4-7H2,1-3H3,(H2,21,22,24,26)/b14-9+. The van der Waals surface area contributed by atoms with Gasteiger partial charge in [-0.25, -0.2) is 9.59 Å². The summed E-state index contributed by atoms with van der Waals surface area (Å²) in [5.41, 5.74) is 4.61. The molecular weight excluding hydrogens is 378 g/mol. The van der Waals surface area contributed by atoms with Crippen molar-refractivity contribution < 1.29 is 19.1 Å². The van der Waals surface area contributed by atoms with Gasteiger partial charge >= 0.3 is 12.0 Å². The summed E-state index contributed by atoms with van der Waals surface area (Å²) in [6, 6.07) is 1.42. The largest absolute Gasteiger partial charge is 0.465 e. The Kier molecular flexibility index (Phi) is 4.58. The molecule has 7 nitrogen and oxygen atoms in total. The summed E-state index contributed by atoms with van der Waals surface area (Å²) in [7, 11) is 1.41. The van der Waals surface area contributed by atoms with Crippen molar-refractivity contribution in [2.45, 2.75) is 39.5 Å². The molecule has 4 rings (SSSR count). The molecule has 3 amide bonds. The van der Waals surface area contributed by atoms with Crippen molar-refractivity contribution in [2.24, 2.45) is 0 Å². The zero-order chi connectivity index (χ0) is 20.0. The summed E-state index contributed by atoms with van der Waals surface area (Å²) in [5.74, 6) is -0.763. The first-order valence-corrected chi connectivity index (χ1v) is 9.98. The van der Waals surface area contributed by atoms with Crippen LogP contribution in [0, 0.1) is 13.8 Å². The van der Waals surface area contributed by atoms with E-state index < -0.39 is 11.9 Å². The van der Waals surface area contributed by atoms with E-state index in [4.69, 9.17) is 4.74 Å². The molecule has 0 spiro atoms. The van der Waals surface area contributed by atoms with Gasteiger partial charge in [0.25, 0.3) is 5.91 Å². The summed E-state index contributed by atoms with van der Waals surface area (Å²) in [6.45, 7) is 3.90. The van der Waals surface area contributed by atoms with Crippen molar-refractivity contribution in [3.05, 3.63) is 44.7 Å². The van der Waals surface area contributed by atoms with Crippen molar-refractivity contribution >= 4 is 35.3 Å². The van der Waals surface area contributed by atoms with Crippen molar-refractivity contribution in [1.29, 1.82) is 0 Å². The number of rotatable bonds is 3. The zero-order valence-electron chi connectivity index (χ0n) is 16.0. The van der Waals surface area contributed by atoms with Gasteiger partial charge in [-0.1, -0.05) is 0 Å². The summed E-state index contributed by atoms with van der Waals surface area (Å²) < 4.78 is 7.12. The smallest absolute Gasteiger partial charge is 0.341 e. The summed E-state index contributed by atoms with van der Waals surface area (Å²) >= 11 is 1.64. The molecule has 1 saturated heterocycles. The quantitative estimate of drug-likeness (QED) is 0.472. The molecule has 1 aliphatic carbocycles. The number of amides is 3. The maximum Gasteiger partial charge on any atom is 0.341 e. The lowest BCUT2D eigenvalue weighted by molar-refractivity contribution is -0.115. The number of ether oxygens (including phenoxy) is 1. The Morgan fingerprint density at radius 2 is 1.96 bits per heavy atom. The van der Waals surface area contributed by atoms with Crippen LogP contribution in [-0.2, 0) is 22.4 Å². The number of thiophene rings is 1. The molecule has 146 valence electrons. The first-order chi connectivity index (χ1) is 13.4. The Balaban J connectivity index is 1.85. The van der Waals surface area contributed by atoms with E-state index in [-0.39, 0.29) is 11.7 Å². The van der Waals surface area contributed by atoms with E-state index >= 15 is 0 Å². The molecule has 0 atom stereocenters. The van der Waals surface area contributed by atoms with Gasteiger partial charge in [0.05, 0.1) is 12.7 Å². The predicted molar refractivity (Wildman–Crippen MR) is 106 cm³/mol. The van der Waals surface area contributed by atoms with Crippen LogP contribution in [0.5, 0.6) is 0 Å². The highest BCUT2D eigenvalue weighted by atomic mass is 32.1. The van der Waals surface area contributed by atoms with Crippen molar-refractivity contribution in [2.75, 3.05) is 7.11 Å². The lowest BCUT2D eigenvalue weighted by Gasteiger charge is -2.12. The molecule has 0 bridgehead atoms. The van der Waals surface area contributed by atoms with E-state index in [9.17, 15) is 14.4 Å². The highest BCUT2D eigenvalue weighted by Crippen LogP contribution is 2.39.